The molecule has 1 rings (SSSR count). The Morgan fingerprint density at radius 1 is 1.44 bits per heavy atom. The van der Waals surface area contributed by atoms with Gasteiger partial charge in [0.25, 0.3) is 0 Å². The van der Waals surface area contributed by atoms with Gasteiger partial charge in [0.2, 0.25) is 0 Å². The normalized spacial score (nSPS) is 9.88. The van der Waals surface area contributed by atoms with E-state index < -0.39 is 0 Å². The van der Waals surface area contributed by atoms with Crippen LogP contribution in [0.2, 0.25) is 0 Å². The summed E-state index contributed by atoms with van der Waals surface area (Å²) in [6, 6.07) is 4.06. The smallest absolute Gasteiger partial charge is 0.129 e. The molecule has 0 aliphatic rings. The van der Waals surface area contributed by atoms with Crippen molar-refractivity contribution < 1.29 is 0 Å². The number of anilines is 1. The van der Waals surface area contributed by atoms with Crippen LogP contribution in [0, 0.1) is 12.3 Å². The van der Waals surface area contributed by atoms with Crippen molar-refractivity contribution in [3.05, 3.63) is 23.4 Å². The number of nitrogens with two attached hydrogens (primary N) is 1. The molecule has 0 aromatic carbocycles. The highest BCUT2D eigenvalue weighted by molar-refractivity contribution is 5.43. The van der Waals surface area contributed by atoms with Crippen LogP contribution in [0.5, 0.6) is 0 Å². The molecule has 0 aliphatic heterocycles. The van der Waals surface area contributed by atoms with Gasteiger partial charge < -0.3 is 10.6 Å². The summed E-state index contributed by atoms with van der Waals surface area (Å²) in [7, 11) is 0. The predicted molar refractivity (Wildman–Crippen MR) is 68.2 cm³/mol. The topological polar surface area (TPSA) is 42.1 Å². The summed E-state index contributed by atoms with van der Waals surface area (Å²) in [4.78, 5) is 6.63. The molecule has 2 N–H and O–H groups in total. The van der Waals surface area contributed by atoms with Crippen LogP contribution < -0.4 is 10.6 Å². The van der Waals surface area contributed by atoms with Gasteiger partial charge in [-0.15, -0.1) is 6.42 Å². The zero-order valence-corrected chi connectivity index (χ0v) is 10.0. The van der Waals surface area contributed by atoms with Crippen LogP contribution in [-0.2, 0) is 13.0 Å². The Morgan fingerprint density at radius 3 is 2.69 bits per heavy atom. The summed E-state index contributed by atoms with van der Waals surface area (Å²) in [5, 5.41) is 0. The van der Waals surface area contributed by atoms with Gasteiger partial charge >= 0.3 is 0 Å². The molecule has 0 saturated heterocycles. The average Bonchev–Trinajstić information content (AvgIpc) is 2.35. The molecule has 0 fully saturated rings. The van der Waals surface area contributed by atoms with Crippen molar-refractivity contribution in [3.63, 3.8) is 0 Å². The van der Waals surface area contributed by atoms with E-state index in [1.54, 1.807) is 0 Å². The summed E-state index contributed by atoms with van der Waals surface area (Å²) in [6.45, 7) is 6.13. The van der Waals surface area contributed by atoms with Crippen molar-refractivity contribution in [2.45, 2.75) is 26.8 Å². The molecular formula is C13H19N3. The van der Waals surface area contributed by atoms with Gasteiger partial charge in [0, 0.05) is 18.8 Å². The van der Waals surface area contributed by atoms with E-state index in [-0.39, 0.29) is 0 Å². The number of terminal acetylenes is 1. The Morgan fingerprint density at radius 2 is 2.19 bits per heavy atom. The molecule has 0 saturated carbocycles. The Kier molecular flexibility index (Phi) is 4.81. The predicted octanol–water partition coefficient (Wildman–Crippen LogP) is 1.56. The molecule has 1 aromatic heterocycles. The maximum absolute atomic E-state index is 5.67. The number of hydrogen-bond donors (Lipinski definition) is 1. The average molecular weight is 217 g/mol. The SMILES string of the molecule is C#CCN(CC)c1cc(CN)cc(CC)n1. The summed E-state index contributed by atoms with van der Waals surface area (Å²) in [5.74, 6) is 3.58. The number of aromatic nitrogens is 1. The van der Waals surface area contributed by atoms with E-state index in [4.69, 9.17) is 12.2 Å². The molecule has 0 bridgehead atoms. The molecule has 3 nitrogen and oxygen atoms in total. The molecule has 86 valence electrons. The molecule has 0 spiro atoms. The van der Waals surface area contributed by atoms with E-state index in [0.717, 1.165) is 30.0 Å². The zero-order valence-electron chi connectivity index (χ0n) is 10.0. The molecule has 0 unspecified atom stereocenters. The lowest BCUT2D eigenvalue weighted by Gasteiger charge is -2.20. The van der Waals surface area contributed by atoms with Gasteiger partial charge in [-0.25, -0.2) is 4.98 Å². The van der Waals surface area contributed by atoms with Crippen molar-refractivity contribution in [3.8, 4) is 12.3 Å². The minimum absolute atomic E-state index is 0.538. The van der Waals surface area contributed by atoms with Crippen LogP contribution >= 0.6 is 0 Å². The highest BCUT2D eigenvalue weighted by Crippen LogP contribution is 2.15. The molecule has 1 aromatic rings. The second-order valence-corrected chi connectivity index (χ2v) is 3.60. The molecular weight excluding hydrogens is 198 g/mol. The van der Waals surface area contributed by atoms with Gasteiger partial charge in [0.1, 0.15) is 5.82 Å². The molecule has 16 heavy (non-hydrogen) atoms. The maximum atomic E-state index is 5.67. The van der Waals surface area contributed by atoms with E-state index in [9.17, 15) is 0 Å². The van der Waals surface area contributed by atoms with Gasteiger partial charge in [-0.3, -0.25) is 0 Å². The highest BCUT2D eigenvalue weighted by Gasteiger charge is 2.07. The monoisotopic (exact) mass is 217 g/mol. The van der Waals surface area contributed by atoms with Gasteiger partial charge in [-0.2, -0.15) is 0 Å². The van der Waals surface area contributed by atoms with E-state index in [1.807, 2.05) is 12.1 Å². The van der Waals surface area contributed by atoms with Crippen molar-refractivity contribution >= 4 is 5.82 Å². The van der Waals surface area contributed by atoms with Crippen LogP contribution in [-0.4, -0.2) is 18.1 Å². The maximum Gasteiger partial charge on any atom is 0.129 e. The molecule has 1 heterocycles. The molecule has 0 radical (unpaired) electrons. The van der Waals surface area contributed by atoms with Crippen molar-refractivity contribution in [2.24, 2.45) is 5.73 Å². The van der Waals surface area contributed by atoms with E-state index >= 15 is 0 Å². The van der Waals surface area contributed by atoms with Gasteiger partial charge in [0.05, 0.1) is 6.54 Å². The Balaban J connectivity index is 3.06. The minimum Gasteiger partial charge on any atom is -0.346 e. The van der Waals surface area contributed by atoms with E-state index in [2.05, 4.69) is 29.7 Å². The number of hydrogen-bond acceptors (Lipinski definition) is 3. The fraction of sp³-hybridized carbons (Fsp3) is 0.462. The van der Waals surface area contributed by atoms with Gasteiger partial charge in [-0.05, 0) is 31.0 Å². The first-order valence-electron chi connectivity index (χ1n) is 5.63. The first-order valence-corrected chi connectivity index (χ1v) is 5.63. The summed E-state index contributed by atoms with van der Waals surface area (Å²) in [5.41, 5.74) is 7.84. The first-order chi connectivity index (χ1) is 7.74. The molecule has 0 amide bonds. The van der Waals surface area contributed by atoms with Crippen LogP contribution in [0.1, 0.15) is 25.1 Å². The Hall–Kier alpha value is -1.53. The fourth-order valence-electron chi connectivity index (χ4n) is 1.56. The van der Waals surface area contributed by atoms with Crippen LogP contribution in [0.4, 0.5) is 5.82 Å². The summed E-state index contributed by atoms with van der Waals surface area (Å²) < 4.78 is 0. The standard InChI is InChI=1S/C13H19N3/c1-4-7-16(6-3)13-9-11(10-14)8-12(5-2)15-13/h1,8-9H,5-7,10,14H2,2-3H3. The number of pyridine rings is 1. The minimum atomic E-state index is 0.538. The van der Waals surface area contributed by atoms with Crippen molar-refractivity contribution in [2.75, 3.05) is 18.0 Å². The van der Waals surface area contributed by atoms with Crippen LogP contribution in [0.15, 0.2) is 12.1 Å². The number of rotatable bonds is 5. The van der Waals surface area contributed by atoms with E-state index in [0.29, 0.717) is 13.1 Å². The second kappa shape index (κ2) is 6.14. The lowest BCUT2D eigenvalue weighted by atomic mass is 10.2. The van der Waals surface area contributed by atoms with Gasteiger partial charge in [-0.1, -0.05) is 12.8 Å². The Bertz CT molecular complexity index is 357. The second-order valence-electron chi connectivity index (χ2n) is 3.60. The van der Waals surface area contributed by atoms with Crippen LogP contribution in [0.25, 0.3) is 0 Å². The first kappa shape index (κ1) is 12.5. The summed E-state index contributed by atoms with van der Waals surface area (Å²) in [6.07, 6.45) is 6.25. The van der Waals surface area contributed by atoms with Crippen molar-refractivity contribution in [1.29, 1.82) is 0 Å². The molecule has 3 heteroatoms. The summed E-state index contributed by atoms with van der Waals surface area (Å²) >= 11 is 0. The highest BCUT2D eigenvalue weighted by atomic mass is 15.2. The van der Waals surface area contributed by atoms with Crippen LogP contribution in [0.3, 0.4) is 0 Å². The number of aryl methyl sites for hydroxylation is 1. The zero-order chi connectivity index (χ0) is 12.0. The van der Waals surface area contributed by atoms with Gasteiger partial charge in [0.15, 0.2) is 0 Å². The molecule has 0 atom stereocenters. The third-order valence-electron chi connectivity index (χ3n) is 2.51. The lowest BCUT2D eigenvalue weighted by molar-refractivity contribution is 0.871. The quantitative estimate of drug-likeness (QED) is 0.761. The third kappa shape index (κ3) is 2.98. The Labute approximate surface area is 97.7 Å². The third-order valence-corrected chi connectivity index (χ3v) is 2.51. The number of nitrogens with zero attached hydrogens (tertiary/aromatic N) is 2. The lowest BCUT2D eigenvalue weighted by Crippen LogP contribution is -2.24. The largest absolute Gasteiger partial charge is 0.346 e. The van der Waals surface area contributed by atoms with Crippen molar-refractivity contribution in [1.82, 2.24) is 4.98 Å². The molecule has 0 aliphatic carbocycles. The van der Waals surface area contributed by atoms with E-state index in [1.165, 1.54) is 0 Å². The fourth-order valence-corrected chi connectivity index (χ4v) is 1.56.